The van der Waals surface area contributed by atoms with E-state index >= 15 is 0 Å². The number of nitrogens with one attached hydrogen (secondary N) is 1. The molecular weight excluding hydrogens is 208 g/mol. The van der Waals surface area contributed by atoms with Gasteiger partial charge in [-0.25, -0.2) is 0 Å². The molecule has 0 saturated carbocycles. The van der Waals surface area contributed by atoms with Crippen LogP contribution < -0.4 is 5.32 Å². The molecule has 1 aromatic carbocycles. The zero-order valence-corrected chi connectivity index (χ0v) is 9.67. The van der Waals surface area contributed by atoms with E-state index < -0.39 is 10.8 Å². The first kappa shape index (κ1) is 11.7. The average molecular weight is 222 g/mol. The summed E-state index contributed by atoms with van der Waals surface area (Å²) in [5, 5.41) is 11.8. The Morgan fingerprint density at radius 1 is 1.47 bits per heavy atom. The SMILES string of the molecule is CC(CS(C)=O)Nc1ccc(C#N)cc1. The monoisotopic (exact) mass is 222 g/mol. The van der Waals surface area contributed by atoms with Crippen LogP contribution in [0.5, 0.6) is 0 Å². The Morgan fingerprint density at radius 3 is 2.53 bits per heavy atom. The number of benzene rings is 1. The third-order valence-corrected chi connectivity index (χ3v) is 2.88. The summed E-state index contributed by atoms with van der Waals surface area (Å²) < 4.78 is 11.0. The van der Waals surface area contributed by atoms with Crippen LogP contribution in [-0.2, 0) is 10.8 Å². The van der Waals surface area contributed by atoms with E-state index in [1.807, 2.05) is 19.1 Å². The van der Waals surface area contributed by atoms with E-state index in [-0.39, 0.29) is 6.04 Å². The Balaban J connectivity index is 2.58. The zero-order valence-electron chi connectivity index (χ0n) is 8.86. The molecule has 0 fully saturated rings. The second-order valence-corrected chi connectivity index (χ2v) is 4.95. The van der Waals surface area contributed by atoms with Crippen molar-refractivity contribution in [2.45, 2.75) is 13.0 Å². The number of nitriles is 1. The molecule has 0 bridgehead atoms. The standard InChI is InChI=1S/C11H14N2OS/c1-9(8-15(2)14)13-11-5-3-10(7-12)4-6-11/h3-6,9,13H,8H2,1-2H3. The smallest absolute Gasteiger partial charge is 0.0991 e. The Kier molecular flexibility index (Phi) is 4.32. The number of nitrogens with zero attached hydrogens (tertiary/aromatic N) is 1. The summed E-state index contributed by atoms with van der Waals surface area (Å²) in [6, 6.07) is 9.47. The van der Waals surface area contributed by atoms with Crippen LogP contribution in [0.1, 0.15) is 12.5 Å². The summed E-state index contributed by atoms with van der Waals surface area (Å²) in [5.41, 5.74) is 1.60. The molecule has 0 amide bonds. The fraction of sp³-hybridized carbons (Fsp3) is 0.364. The highest BCUT2D eigenvalue weighted by Crippen LogP contribution is 2.10. The lowest BCUT2D eigenvalue weighted by Crippen LogP contribution is -2.22. The van der Waals surface area contributed by atoms with E-state index in [1.54, 1.807) is 18.4 Å². The van der Waals surface area contributed by atoms with E-state index in [2.05, 4.69) is 11.4 Å². The van der Waals surface area contributed by atoms with E-state index in [0.29, 0.717) is 11.3 Å². The van der Waals surface area contributed by atoms with Crippen molar-refractivity contribution < 1.29 is 4.21 Å². The molecule has 3 nitrogen and oxygen atoms in total. The number of rotatable bonds is 4. The molecule has 1 rings (SSSR count). The fourth-order valence-corrected chi connectivity index (χ4v) is 2.11. The van der Waals surface area contributed by atoms with Gasteiger partial charge in [-0.2, -0.15) is 5.26 Å². The van der Waals surface area contributed by atoms with Crippen LogP contribution in [0.2, 0.25) is 0 Å². The first-order chi connectivity index (χ1) is 7.11. The van der Waals surface area contributed by atoms with Crippen molar-refractivity contribution in [2.24, 2.45) is 0 Å². The van der Waals surface area contributed by atoms with Gasteiger partial charge in [-0.05, 0) is 31.2 Å². The van der Waals surface area contributed by atoms with Crippen LogP contribution in [0, 0.1) is 11.3 Å². The van der Waals surface area contributed by atoms with Crippen molar-refractivity contribution in [3.8, 4) is 6.07 Å². The Bertz CT molecular complexity index is 381. The third-order valence-electron chi connectivity index (χ3n) is 1.91. The lowest BCUT2D eigenvalue weighted by molar-refractivity contribution is 0.683. The maximum Gasteiger partial charge on any atom is 0.0991 e. The van der Waals surface area contributed by atoms with Gasteiger partial charge in [0.05, 0.1) is 11.6 Å². The number of hydrogen-bond donors (Lipinski definition) is 1. The molecule has 2 atom stereocenters. The fourth-order valence-electron chi connectivity index (χ4n) is 1.32. The van der Waals surface area contributed by atoms with Crippen molar-refractivity contribution in [1.29, 1.82) is 5.26 Å². The zero-order chi connectivity index (χ0) is 11.3. The summed E-state index contributed by atoms with van der Waals surface area (Å²) in [6.07, 6.45) is 1.69. The third kappa shape index (κ3) is 4.13. The van der Waals surface area contributed by atoms with Crippen molar-refractivity contribution in [1.82, 2.24) is 0 Å². The normalized spacial score (nSPS) is 13.9. The van der Waals surface area contributed by atoms with E-state index in [0.717, 1.165) is 5.69 Å². The largest absolute Gasteiger partial charge is 0.382 e. The van der Waals surface area contributed by atoms with Gasteiger partial charge >= 0.3 is 0 Å². The number of anilines is 1. The van der Waals surface area contributed by atoms with Crippen LogP contribution in [0.4, 0.5) is 5.69 Å². The molecule has 0 heterocycles. The van der Waals surface area contributed by atoms with Crippen molar-refractivity contribution in [3.05, 3.63) is 29.8 Å². The topological polar surface area (TPSA) is 52.9 Å². The summed E-state index contributed by atoms with van der Waals surface area (Å²) in [5.74, 6) is 0.625. The lowest BCUT2D eigenvalue weighted by atomic mass is 10.2. The molecule has 0 saturated heterocycles. The Labute approximate surface area is 92.6 Å². The summed E-state index contributed by atoms with van der Waals surface area (Å²) >= 11 is 0. The minimum atomic E-state index is -0.790. The van der Waals surface area contributed by atoms with Crippen molar-refractivity contribution in [2.75, 3.05) is 17.3 Å². The van der Waals surface area contributed by atoms with Gasteiger partial charge in [-0.15, -0.1) is 0 Å². The van der Waals surface area contributed by atoms with Crippen LogP contribution in [0.25, 0.3) is 0 Å². The second-order valence-electron chi connectivity index (χ2n) is 3.47. The van der Waals surface area contributed by atoms with E-state index in [4.69, 9.17) is 5.26 Å². The van der Waals surface area contributed by atoms with Crippen molar-refractivity contribution in [3.63, 3.8) is 0 Å². The summed E-state index contributed by atoms with van der Waals surface area (Å²) in [6.45, 7) is 1.99. The molecule has 0 aromatic heterocycles. The molecule has 4 heteroatoms. The highest BCUT2D eigenvalue weighted by Gasteiger charge is 2.03. The molecule has 0 aliphatic carbocycles. The molecule has 1 aromatic rings. The van der Waals surface area contributed by atoms with Gasteiger partial charge in [0, 0.05) is 34.5 Å². The minimum Gasteiger partial charge on any atom is -0.382 e. The molecule has 0 spiro atoms. The molecular formula is C11H14N2OS. The molecule has 0 aliphatic rings. The van der Waals surface area contributed by atoms with Gasteiger partial charge in [0.2, 0.25) is 0 Å². The van der Waals surface area contributed by atoms with Gasteiger partial charge in [0.15, 0.2) is 0 Å². The van der Waals surface area contributed by atoms with E-state index in [9.17, 15) is 4.21 Å². The van der Waals surface area contributed by atoms with Crippen LogP contribution >= 0.6 is 0 Å². The minimum absolute atomic E-state index is 0.170. The first-order valence-corrected chi connectivity index (χ1v) is 6.41. The highest BCUT2D eigenvalue weighted by molar-refractivity contribution is 7.84. The molecule has 15 heavy (non-hydrogen) atoms. The van der Waals surface area contributed by atoms with E-state index in [1.165, 1.54) is 0 Å². The maximum absolute atomic E-state index is 11.0. The van der Waals surface area contributed by atoms with Gasteiger partial charge in [-0.1, -0.05) is 0 Å². The van der Waals surface area contributed by atoms with Gasteiger partial charge in [0.1, 0.15) is 0 Å². The van der Waals surface area contributed by atoms with Crippen LogP contribution in [0.3, 0.4) is 0 Å². The average Bonchev–Trinajstić information content (AvgIpc) is 2.17. The van der Waals surface area contributed by atoms with Crippen LogP contribution in [0.15, 0.2) is 24.3 Å². The number of hydrogen-bond acceptors (Lipinski definition) is 3. The molecule has 80 valence electrons. The Hall–Kier alpha value is -1.34. The van der Waals surface area contributed by atoms with Gasteiger partial charge < -0.3 is 5.32 Å². The molecule has 1 N–H and O–H groups in total. The molecule has 2 unspecified atom stereocenters. The molecule has 0 radical (unpaired) electrons. The molecule has 0 aliphatic heterocycles. The predicted molar refractivity (Wildman–Crippen MR) is 63.2 cm³/mol. The van der Waals surface area contributed by atoms with Crippen molar-refractivity contribution >= 4 is 16.5 Å². The lowest BCUT2D eigenvalue weighted by Gasteiger charge is -2.13. The maximum atomic E-state index is 11.0. The Morgan fingerprint density at radius 2 is 2.07 bits per heavy atom. The van der Waals surface area contributed by atoms with Gasteiger partial charge in [0.25, 0.3) is 0 Å². The van der Waals surface area contributed by atoms with Gasteiger partial charge in [-0.3, -0.25) is 4.21 Å². The van der Waals surface area contributed by atoms with Crippen LogP contribution in [-0.4, -0.2) is 22.3 Å². The predicted octanol–water partition coefficient (Wildman–Crippen LogP) is 1.74. The second kappa shape index (κ2) is 5.52. The summed E-state index contributed by atoms with van der Waals surface area (Å²) in [4.78, 5) is 0. The summed E-state index contributed by atoms with van der Waals surface area (Å²) in [7, 11) is -0.790. The highest BCUT2D eigenvalue weighted by atomic mass is 32.2. The quantitative estimate of drug-likeness (QED) is 0.844. The first-order valence-electron chi connectivity index (χ1n) is 4.68.